The SMILES string of the molecule is NC(=O)CN(CC(=O)O)C(=O)Cc1ccsc1. The van der Waals surface area contributed by atoms with Gasteiger partial charge in [0.2, 0.25) is 11.8 Å². The maximum atomic E-state index is 11.7. The molecule has 0 aliphatic rings. The summed E-state index contributed by atoms with van der Waals surface area (Å²) in [5.41, 5.74) is 5.75. The minimum Gasteiger partial charge on any atom is -0.480 e. The number of aliphatic carboxylic acids is 1. The summed E-state index contributed by atoms with van der Waals surface area (Å²) in [6, 6.07) is 1.77. The lowest BCUT2D eigenvalue weighted by atomic mass is 10.2. The normalized spacial score (nSPS) is 9.88. The van der Waals surface area contributed by atoms with Gasteiger partial charge >= 0.3 is 5.97 Å². The monoisotopic (exact) mass is 256 g/mol. The molecule has 0 unspecified atom stereocenters. The zero-order valence-electron chi connectivity index (χ0n) is 8.96. The third-order valence-corrected chi connectivity index (χ3v) is 2.69. The van der Waals surface area contributed by atoms with Gasteiger partial charge in [0.1, 0.15) is 6.54 Å². The fourth-order valence-electron chi connectivity index (χ4n) is 1.26. The molecular formula is C10H12N2O4S. The van der Waals surface area contributed by atoms with Crippen molar-refractivity contribution in [3.05, 3.63) is 22.4 Å². The smallest absolute Gasteiger partial charge is 0.323 e. The Labute approximate surface area is 102 Å². The van der Waals surface area contributed by atoms with Crippen LogP contribution in [0.3, 0.4) is 0 Å². The van der Waals surface area contributed by atoms with Crippen molar-refractivity contribution in [3.63, 3.8) is 0 Å². The largest absolute Gasteiger partial charge is 0.480 e. The highest BCUT2D eigenvalue weighted by atomic mass is 32.1. The number of carbonyl (C=O) groups excluding carboxylic acids is 2. The molecule has 1 aromatic rings. The van der Waals surface area contributed by atoms with Crippen molar-refractivity contribution in [2.24, 2.45) is 5.73 Å². The minimum atomic E-state index is -1.18. The summed E-state index contributed by atoms with van der Waals surface area (Å²) in [7, 11) is 0. The van der Waals surface area contributed by atoms with Crippen LogP contribution in [0.1, 0.15) is 5.56 Å². The van der Waals surface area contributed by atoms with E-state index in [1.54, 1.807) is 11.4 Å². The lowest BCUT2D eigenvalue weighted by Gasteiger charge is -2.18. The molecular weight excluding hydrogens is 244 g/mol. The first-order chi connectivity index (χ1) is 7.99. The standard InChI is InChI=1S/C10H12N2O4S/c11-8(13)4-12(5-10(15)16)9(14)3-7-1-2-17-6-7/h1-2,6H,3-5H2,(H2,11,13)(H,15,16). The number of amides is 2. The van der Waals surface area contributed by atoms with Crippen molar-refractivity contribution in [1.82, 2.24) is 4.90 Å². The fourth-order valence-corrected chi connectivity index (χ4v) is 1.93. The predicted octanol–water partition coefficient (Wildman–Crippen LogP) is -0.311. The third-order valence-electron chi connectivity index (χ3n) is 1.96. The van der Waals surface area contributed by atoms with Gasteiger partial charge in [-0.1, -0.05) is 0 Å². The van der Waals surface area contributed by atoms with E-state index < -0.39 is 24.3 Å². The van der Waals surface area contributed by atoms with Crippen LogP contribution in [0.2, 0.25) is 0 Å². The molecule has 0 fully saturated rings. The number of thiophene rings is 1. The Kier molecular flexibility index (Phi) is 4.65. The maximum absolute atomic E-state index is 11.7. The molecule has 0 spiro atoms. The molecule has 0 radical (unpaired) electrons. The molecule has 17 heavy (non-hydrogen) atoms. The Balaban J connectivity index is 2.65. The van der Waals surface area contributed by atoms with E-state index in [4.69, 9.17) is 10.8 Å². The van der Waals surface area contributed by atoms with Crippen molar-refractivity contribution in [2.45, 2.75) is 6.42 Å². The van der Waals surface area contributed by atoms with Crippen LogP contribution in [0.15, 0.2) is 16.8 Å². The lowest BCUT2D eigenvalue weighted by Crippen LogP contribution is -2.42. The molecule has 6 nitrogen and oxygen atoms in total. The third kappa shape index (κ3) is 4.64. The number of rotatable bonds is 6. The van der Waals surface area contributed by atoms with Crippen LogP contribution in [-0.4, -0.2) is 40.9 Å². The number of carboxylic acid groups (broad SMARTS) is 1. The molecule has 3 N–H and O–H groups in total. The summed E-state index contributed by atoms with van der Waals surface area (Å²) in [4.78, 5) is 34.0. The van der Waals surface area contributed by atoms with Crippen molar-refractivity contribution < 1.29 is 19.5 Å². The molecule has 0 aliphatic carbocycles. The summed E-state index contributed by atoms with van der Waals surface area (Å²) in [6.07, 6.45) is 0.0735. The van der Waals surface area contributed by atoms with Crippen LogP contribution in [0, 0.1) is 0 Å². The molecule has 1 heterocycles. The van der Waals surface area contributed by atoms with Gasteiger partial charge in [0.25, 0.3) is 0 Å². The van der Waals surface area contributed by atoms with E-state index in [0.29, 0.717) is 0 Å². The second-order valence-corrected chi connectivity index (χ2v) is 4.20. The zero-order chi connectivity index (χ0) is 12.8. The van der Waals surface area contributed by atoms with Gasteiger partial charge in [0.15, 0.2) is 0 Å². The summed E-state index contributed by atoms with van der Waals surface area (Å²) in [5.74, 6) is -2.33. The van der Waals surface area contributed by atoms with Gasteiger partial charge in [-0.15, -0.1) is 0 Å². The highest BCUT2D eigenvalue weighted by Crippen LogP contribution is 2.08. The van der Waals surface area contributed by atoms with Crippen LogP contribution < -0.4 is 5.73 Å². The van der Waals surface area contributed by atoms with E-state index >= 15 is 0 Å². The number of nitrogens with zero attached hydrogens (tertiary/aromatic N) is 1. The highest BCUT2D eigenvalue weighted by Gasteiger charge is 2.18. The van der Waals surface area contributed by atoms with E-state index in [2.05, 4.69) is 0 Å². The van der Waals surface area contributed by atoms with E-state index in [-0.39, 0.29) is 13.0 Å². The first kappa shape index (κ1) is 13.2. The predicted molar refractivity (Wildman–Crippen MR) is 61.4 cm³/mol. The van der Waals surface area contributed by atoms with Gasteiger partial charge in [-0.3, -0.25) is 14.4 Å². The fraction of sp³-hybridized carbons (Fsp3) is 0.300. The van der Waals surface area contributed by atoms with Gasteiger partial charge in [0, 0.05) is 0 Å². The number of carbonyl (C=O) groups is 3. The Morgan fingerprint density at radius 3 is 2.53 bits per heavy atom. The van der Waals surface area contributed by atoms with E-state index in [9.17, 15) is 14.4 Å². The Morgan fingerprint density at radius 1 is 1.35 bits per heavy atom. The van der Waals surface area contributed by atoms with E-state index in [1.165, 1.54) is 11.3 Å². The van der Waals surface area contributed by atoms with E-state index in [1.807, 2.05) is 5.38 Å². The van der Waals surface area contributed by atoms with Crippen molar-refractivity contribution in [2.75, 3.05) is 13.1 Å². The summed E-state index contributed by atoms with van der Waals surface area (Å²) >= 11 is 1.44. The Bertz CT molecular complexity index is 400. The number of carboxylic acids is 1. The molecule has 0 saturated heterocycles. The van der Waals surface area contributed by atoms with Crippen molar-refractivity contribution in [3.8, 4) is 0 Å². The Morgan fingerprint density at radius 2 is 2.06 bits per heavy atom. The van der Waals surface area contributed by atoms with E-state index in [0.717, 1.165) is 10.5 Å². The molecule has 2 amide bonds. The van der Waals surface area contributed by atoms with Crippen LogP contribution in [0.4, 0.5) is 0 Å². The van der Waals surface area contributed by atoms with Crippen LogP contribution in [-0.2, 0) is 20.8 Å². The van der Waals surface area contributed by atoms with Gasteiger partial charge in [0.05, 0.1) is 13.0 Å². The number of primary amides is 1. The number of nitrogens with two attached hydrogens (primary N) is 1. The van der Waals surface area contributed by atoms with Crippen LogP contribution in [0.5, 0.6) is 0 Å². The molecule has 0 bridgehead atoms. The first-order valence-electron chi connectivity index (χ1n) is 4.78. The molecule has 92 valence electrons. The van der Waals surface area contributed by atoms with Gasteiger partial charge in [-0.2, -0.15) is 11.3 Å². The summed E-state index contributed by atoms with van der Waals surface area (Å²) in [5, 5.41) is 12.2. The molecule has 0 atom stereocenters. The van der Waals surface area contributed by atoms with Crippen LogP contribution >= 0.6 is 11.3 Å². The first-order valence-corrected chi connectivity index (χ1v) is 5.72. The lowest BCUT2D eigenvalue weighted by molar-refractivity contribution is -0.145. The molecule has 0 aliphatic heterocycles. The Hall–Kier alpha value is -1.89. The van der Waals surface area contributed by atoms with Crippen molar-refractivity contribution >= 4 is 29.1 Å². The van der Waals surface area contributed by atoms with Crippen LogP contribution in [0.25, 0.3) is 0 Å². The minimum absolute atomic E-state index is 0.0735. The van der Waals surface area contributed by atoms with Gasteiger partial charge < -0.3 is 15.7 Å². The zero-order valence-corrected chi connectivity index (χ0v) is 9.77. The number of hydrogen-bond donors (Lipinski definition) is 2. The second kappa shape index (κ2) is 6.00. The molecule has 0 saturated carbocycles. The summed E-state index contributed by atoms with van der Waals surface area (Å²) < 4.78 is 0. The average Bonchev–Trinajstić information content (AvgIpc) is 2.67. The second-order valence-electron chi connectivity index (χ2n) is 3.42. The quantitative estimate of drug-likeness (QED) is 0.729. The molecule has 0 aromatic carbocycles. The molecule has 7 heteroatoms. The average molecular weight is 256 g/mol. The number of hydrogen-bond acceptors (Lipinski definition) is 4. The maximum Gasteiger partial charge on any atom is 0.323 e. The topological polar surface area (TPSA) is 101 Å². The molecule has 1 rings (SSSR count). The molecule has 1 aromatic heterocycles. The van der Waals surface area contributed by atoms with Gasteiger partial charge in [-0.05, 0) is 22.4 Å². The summed E-state index contributed by atoms with van der Waals surface area (Å²) in [6.45, 7) is -0.902. The highest BCUT2D eigenvalue weighted by molar-refractivity contribution is 7.07. The van der Waals surface area contributed by atoms with Gasteiger partial charge in [-0.25, -0.2) is 0 Å². The van der Waals surface area contributed by atoms with Crippen molar-refractivity contribution in [1.29, 1.82) is 0 Å².